The van der Waals surface area contributed by atoms with E-state index in [9.17, 15) is 20.3 Å². The van der Waals surface area contributed by atoms with Crippen LogP contribution in [0.5, 0.6) is 5.75 Å². The number of benzene rings is 4. The summed E-state index contributed by atoms with van der Waals surface area (Å²) in [6.07, 6.45) is 1.83. The zero-order valence-electron chi connectivity index (χ0n) is 32.1. The largest absolute Gasteiger partial charge is 0.502 e. The number of hydrogen-bond donors (Lipinski definition) is 2. The van der Waals surface area contributed by atoms with Crippen LogP contribution in [-0.4, -0.2) is 27.4 Å². The molecule has 0 aliphatic heterocycles. The van der Waals surface area contributed by atoms with Gasteiger partial charge < -0.3 is 10.2 Å². The van der Waals surface area contributed by atoms with Crippen LogP contribution in [0.2, 0.25) is 0 Å². The van der Waals surface area contributed by atoms with E-state index >= 15 is 0 Å². The maximum Gasteiger partial charge on any atom is 0.311 e. The van der Waals surface area contributed by atoms with Crippen LogP contribution in [-0.2, 0) is 33.7 Å². The summed E-state index contributed by atoms with van der Waals surface area (Å²) < 4.78 is 0. The molecule has 0 radical (unpaired) electrons. The molecular weight excluding hydrogens is 620 g/mol. The van der Waals surface area contributed by atoms with Crippen LogP contribution in [0.25, 0.3) is 0 Å². The molecule has 6 heteroatoms. The molecule has 1 unspecified atom stereocenters. The van der Waals surface area contributed by atoms with E-state index < -0.39 is 28.0 Å². The fourth-order valence-electron chi connectivity index (χ4n) is 6.09. The maximum atomic E-state index is 13.8. The minimum atomic E-state index is -1.66. The lowest BCUT2D eigenvalue weighted by Gasteiger charge is -2.39. The Bertz CT molecular complexity index is 1720. The number of para-hydroxylation sites is 1. The van der Waals surface area contributed by atoms with Crippen LogP contribution < -0.4 is 0 Å². The standard InChI is InChI=1S/C44H56N2O4/c1-40(2,3)31-22-32(41(4,5)6)25-35(24-31)44(48,36-26-33(42(7,8)9)23-34(27-36)43(10,11)12)38(21-29-17-14-13-15-18-29)45-28-30-19-16-20-37(39(30)47)46(49)50/h13-20,22-28,38,47-48H,21H2,1-12H3. The maximum absolute atomic E-state index is 13.8. The Morgan fingerprint density at radius 1 is 0.640 bits per heavy atom. The van der Waals surface area contributed by atoms with Crippen molar-refractivity contribution in [2.24, 2.45) is 4.99 Å². The Kier molecular flexibility index (Phi) is 10.6. The molecule has 0 saturated carbocycles. The molecule has 0 amide bonds. The summed E-state index contributed by atoms with van der Waals surface area (Å²) in [5.74, 6) is -0.460. The Balaban J connectivity index is 2.18. The van der Waals surface area contributed by atoms with Gasteiger partial charge in [-0.3, -0.25) is 15.1 Å². The normalized spacial score (nSPS) is 13.9. The number of nitro groups is 1. The van der Waals surface area contributed by atoms with Crippen molar-refractivity contribution in [3.8, 4) is 5.75 Å². The highest BCUT2D eigenvalue weighted by molar-refractivity contribution is 5.85. The summed E-state index contributed by atoms with van der Waals surface area (Å²) in [4.78, 5) is 16.2. The van der Waals surface area contributed by atoms with Gasteiger partial charge in [0.2, 0.25) is 5.75 Å². The van der Waals surface area contributed by atoms with Crippen LogP contribution in [0.15, 0.2) is 89.9 Å². The number of aliphatic imine (C=N–C) groups is 1. The van der Waals surface area contributed by atoms with Crippen molar-refractivity contribution in [2.45, 2.75) is 123 Å². The molecule has 6 nitrogen and oxygen atoms in total. The lowest BCUT2D eigenvalue weighted by Crippen LogP contribution is -2.42. The lowest BCUT2D eigenvalue weighted by molar-refractivity contribution is -0.385. The smallest absolute Gasteiger partial charge is 0.311 e. The molecule has 0 aliphatic rings. The van der Waals surface area contributed by atoms with Crippen LogP contribution in [0.1, 0.15) is 128 Å². The highest BCUT2D eigenvalue weighted by Crippen LogP contribution is 2.43. The third-order valence-corrected chi connectivity index (χ3v) is 9.60. The van der Waals surface area contributed by atoms with Crippen molar-refractivity contribution < 1.29 is 15.1 Å². The van der Waals surface area contributed by atoms with Crippen LogP contribution >= 0.6 is 0 Å². The van der Waals surface area contributed by atoms with E-state index in [4.69, 9.17) is 4.99 Å². The highest BCUT2D eigenvalue weighted by Gasteiger charge is 2.43. The molecule has 4 aromatic rings. The molecule has 0 fully saturated rings. The van der Waals surface area contributed by atoms with Gasteiger partial charge in [0, 0.05) is 17.8 Å². The molecule has 4 aromatic carbocycles. The number of rotatable bonds is 8. The molecule has 1 atom stereocenters. The van der Waals surface area contributed by atoms with Crippen LogP contribution in [0.4, 0.5) is 5.69 Å². The lowest BCUT2D eigenvalue weighted by atomic mass is 9.70. The molecular formula is C44H56N2O4. The summed E-state index contributed by atoms with van der Waals surface area (Å²) in [6, 6.07) is 26.5. The van der Waals surface area contributed by atoms with Gasteiger partial charge in [0.1, 0.15) is 5.60 Å². The SMILES string of the molecule is CC(C)(C)c1cc(C(C)(C)C)cc(C(O)(c2cc(C(C)(C)C)cc(C(C)(C)C)c2)C(Cc2ccccc2)N=Cc2cccc([N+](=O)[O-])c2O)c1. The topological polar surface area (TPSA) is 96.0 Å². The number of nitro benzene ring substituents is 1. The molecule has 0 aliphatic carbocycles. The van der Waals surface area contributed by atoms with Crippen molar-refractivity contribution in [2.75, 3.05) is 0 Å². The van der Waals surface area contributed by atoms with E-state index in [2.05, 4.69) is 119 Å². The average Bonchev–Trinajstić information content (AvgIpc) is 3.01. The molecule has 50 heavy (non-hydrogen) atoms. The van der Waals surface area contributed by atoms with Gasteiger partial charge in [0.05, 0.1) is 11.0 Å². The van der Waals surface area contributed by atoms with E-state index in [-0.39, 0.29) is 27.2 Å². The van der Waals surface area contributed by atoms with E-state index in [1.807, 2.05) is 30.3 Å². The number of phenols is 1. The van der Waals surface area contributed by atoms with E-state index in [0.29, 0.717) is 6.42 Å². The van der Waals surface area contributed by atoms with Gasteiger partial charge in [-0.05, 0) is 73.1 Å². The zero-order valence-corrected chi connectivity index (χ0v) is 32.1. The highest BCUT2D eigenvalue weighted by atomic mass is 16.6. The quantitative estimate of drug-likeness (QED) is 0.110. The molecule has 0 spiro atoms. The Morgan fingerprint density at radius 3 is 1.42 bits per heavy atom. The molecule has 0 heterocycles. The summed E-state index contributed by atoms with van der Waals surface area (Å²) >= 11 is 0. The molecule has 0 saturated heterocycles. The summed E-state index contributed by atoms with van der Waals surface area (Å²) in [5, 5.41) is 36.4. The van der Waals surface area contributed by atoms with Gasteiger partial charge in [-0.25, -0.2) is 0 Å². The number of nitrogens with zero attached hydrogens (tertiary/aromatic N) is 2. The monoisotopic (exact) mass is 676 g/mol. The summed E-state index contributed by atoms with van der Waals surface area (Å²) in [6.45, 7) is 26.2. The van der Waals surface area contributed by atoms with Crippen LogP contribution in [0, 0.1) is 10.1 Å². The first-order valence-corrected chi connectivity index (χ1v) is 17.5. The minimum absolute atomic E-state index is 0.206. The van der Waals surface area contributed by atoms with Crippen molar-refractivity contribution in [3.05, 3.63) is 140 Å². The van der Waals surface area contributed by atoms with E-state index in [1.54, 1.807) is 6.07 Å². The van der Waals surface area contributed by atoms with Crippen molar-refractivity contribution >= 4 is 11.9 Å². The first kappa shape index (κ1) is 38.5. The predicted octanol–water partition coefficient (Wildman–Crippen LogP) is 10.5. The van der Waals surface area contributed by atoms with Gasteiger partial charge in [-0.1, -0.05) is 156 Å². The molecule has 0 aromatic heterocycles. The minimum Gasteiger partial charge on any atom is -0.502 e. The van der Waals surface area contributed by atoms with Crippen LogP contribution in [0.3, 0.4) is 0 Å². The predicted molar refractivity (Wildman–Crippen MR) is 207 cm³/mol. The fourth-order valence-corrected chi connectivity index (χ4v) is 6.09. The Morgan fingerprint density at radius 2 is 1.04 bits per heavy atom. The molecule has 266 valence electrons. The second kappa shape index (κ2) is 13.8. The van der Waals surface area contributed by atoms with Gasteiger partial charge >= 0.3 is 5.69 Å². The third kappa shape index (κ3) is 8.53. The van der Waals surface area contributed by atoms with Gasteiger partial charge in [-0.15, -0.1) is 0 Å². The second-order valence-corrected chi connectivity index (χ2v) is 17.8. The number of aliphatic hydroxyl groups is 1. The number of phenolic OH excluding ortho intramolecular Hbond substituents is 1. The van der Waals surface area contributed by atoms with Crippen molar-refractivity contribution in [3.63, 3.8) is 0 Å². The van der Waals surface area contributed by atoms with Gasteiger partial charge in [0.25, 0.3) is 0 Å². The number of hydrogen-bond acceptors (Lipinski definition) is 5. The summed E-state index contributed by atoms with van der Waals surface area (Å²) in [7, 11) is 0. The summed E-state index contributed by atoms with van der Waals surface area (Å²) in [5.41, 5.74) is 4.10. The van der Waals surface area contributed by atoms with E-state index in [1.165, 1.54) is 18.3 Å². The third-order valence-electron chi connectivity index (χ3n) is 9.60. The Labute approximate surface area is 299 Å². The zero-order chi connectivity index (χ0) is 37.4. The molecule has 2 N–H and O–H groups in total. The number of aromatic hydroxyl groups is 1. The molecule has 4 rings (SSSR count). The van der Waals surface area contributed by atoms with Gasteiger partial charge in [0.15, 0.2) is 0 Å². The van der Waals surface area contributed by atoms with Gasteiger partial charge in [-0.2, -0.15) is 0 Å². The van der Waals surface area contributed by atoms with Crippen molar-refractivity contribution in [1.29, 1.82) is 0 Å². The first-order chi connectivity index (χ1) is 22.9. The second-order valence-electron chi connectivity index (χ2n) is 17.8. The Hall–Kier alpha value is -4.29. The fraction of sp³-hybridized carbons (Fsp3) is 0.432. The average molecular weight is 677 g/mol. The van der Waals surface area contributed by atoms with Crippen molar-refractivity contribution in [1.82, 2.24) is 0 Å². The van der Waals surface area contributed by atoms with E-state index in [0.717, 1.165) is 38.9 Å². The molecule has 0 bridgehead atoms. The first-order valence-electron chi connectivity index (χ1n) is 17.5.